The van der Waals surface area contributed by atoms with E-state index in [2.05, 4.69) is 20.6 Å². The van der Waals surface area contributed by atoms with E-state index in [-0.39, 0.29) is 6.42 Å². The summed E-state index contributed by atoms with van der Waals surface area (Å²) < 4.78 is 1.67. The standard InChI is InChI=1S/C23H21N5O3/c29-22(11-10-18-15-28(27-26-18)14-16-6-2-1-3-7-16)25-21(23(30)31)12-17-13-24-20-9-5-4-8-19(17)20/h1-11,13,15,21,24H,12,14H2,(H,25,29)(H,30,31)/b11-10-. The number of hydrogen-bond donors (Lipinski definition) is 3. The number of amides is 1. The van der Waals surface area contributed by atoms with E-state index in [9.17, 15) is 14.7 Å². The molecule has 0 aliphatic rings. The molecule has 1 unspecified atom stereocenters. The van der Waals surface area contributed by atoms with Crippen molar-refractivity contribution in [1.82, 2.24) is 25.3 Å². The molecule has 0 fully saturated rings. The molecule has 31 heavy (non-hydrogen) atoms. The summed E-state index contributed by atoms with van der Waals surface area (Å²) in [4.78, 5) is 27.1. The van der Waals surface area contributed by atoms with Crippen molar-refractivity contribution < 1.29 is 14.7 Å². The van der Waals surface area contributed by atoms with E-state index >= 15 is 0 Å². The summed E-state index contributed by atoms with van der Waals surface area (Å²) in [6.07, 6.45) is 6.44. The van der Waals surface area contributed by atoms with Crippen LogP contribution < -0.4 is 5.32 Å². The van der Waals surface area contributed by atoms with Gasteiger partial charge < -0.3 is 15.4 Å². The van der Waals surface area contributed by atoms with Gasteiger partial charge in [-0.2, -0.15) is 0 Å². The van der Waals surface area contributed by atoms with Crippen molar-refractivity contribution in [1.29, 1.82) is 0 Å². The Morgan fingerprint density at radius 3 is 2.71 bits per heavy atom. The lowest BCUT2D eigenvalue weighted by molar-refractivity contribution is -0.141. The number of benzene rings is 2. The fourth-order valence-corrected chi connectivity index (χ4v) is 3.34. The van der Waals surface area contributed by atoms with Gasteiger partial charge in [0.25, 0.3) is 0 Å². The highest BCUT2D eigenvalue weighted by Gasteiger charge is 2.21. The fourth-order valence-electron chi connectivity index (χ4n) is 3.34. The number of carbonyl (C=O) groups excluding carboxylic acids is 1. The Kier molecular flexibility index (Phi) is 5.89. The number of nitrogens with one attached hydrogen (secondary N) is 2. The average molecular weight is 415 g/mol. The van der Waals surface area contributed by atoms with E-state index < -0.39 is 17.9 Å². The number of aliphatic carboxylic acids is 1. The molecule has 0 saturated carbocycles. The van der Waals surface area contributed by atoms with Crippen LogP contribution in [0.25, 0.3) is 17.0 Å². The van der Waals surface area contributed by atoms with Crippen LogP contribution in [0.5, 0.6) is 0 Å². The quantitative estimate of drug-likeness (QED) is 0.383. The maximum atomic E-state index is 12.3. The van der Waals surface area contributed by atoms with Crippen LogP contribution >= 0.6 is 0 Å². The highest BCUT2D eigenvalue weighted by molar-refractivity contribution is 5.94. The third-order valence-corrected chi connectivity index (χ3v) is 4.86. The van der Waals surface area contributed by atoms with Crippen molar-refractivity contribution in [3.8, 4) is 0 Å². The third kappa shape index (κ3) is 5.05. The third-order valence-electron chi connectivity index (χ3n) is 4.86. The van der Waals surface area contributed by atoms with Gasteiger partial charge in [-0.15, -0.1) is 5.10 Å². The molecule has 8 heteroatoms. The predicted octanol–water partition coefficient (Wildman–Crippen LogP) is 2.63. The van der Waals surface area contributed by atoms with Crippen LogP contribution in [0.1, 0.15) is 16.8 Å². The molecule has 0 aliphatic heterocycles. The van der Waals surface area contributed by atoms with Crippen LogP contribution in [0, 0.1) is 0 Å². The molecule has 2 aromatic carbocycles. The minimum atomic E-state index is -1.10. The molecular formula is C23H21N5O3. The van der Waals surface area contributed by atoms with Gasteiger partial charge in [0.15, 0.2) is 0 Å². The summed E-state index contributed by atoms with van der Waals surface area (Å²) in [5.74, 6) is -1.61. The molecule has 4 rings (SSSR count). The topological polar surface area (TPSA) is 113 Å². The van der Waals surface area contributed by atoms with Gasteiger partial charge in [0, 0.05) is 29.6 Å². The molecule has 2 aromatic heterocycles. The first-order valence-corrected chi connectivity index (χ1v) is 9.79. The first kappa shape index (κ1) is 20.1. The summed E-state index contributed by atoms with van der Waals surface area (Å²) in [6, 6.07) is 16.4. The Labute approximate surface area is 178 Å². The van der Waals surface area contributed by atoms with Crippen LogP contribution in [0.3, 0.4) is 0 Å². The molecule has 0 aliphatic carbocycles. The number of H-pyrrole nitrogens is 1. The van der Waals surface area contributed by atoms with Crippen molar-refractivity contribution in [2.45, 2.75) is 19.0 Å². The van der Waals surface area contributed by atoms with Gasteiger partial charge in [-0.1, -0.05) is 53.7 Å². The summed E-state index contributed by atoms with van der Waals surface area (Å²) in [5.41, 5.74) is 3.35. The number of nitrogens with zero attached hydrogens (tertiary/aromatic N) is 3. The Balaban J connectivity index is 1.38. The van der Waals surface area contributed by atoms with E-state index in [0.717, 1.165) is 22.0 Å². The number of carboxylic acid groups (broad SMARTS) is 1. The molecule has 0 spiro atoms. The Hall–Kier alpha value is -4.20. The Morgan fingerprint density at radius 1 is 1.13 bits per heavy atom. The number of carboxylic acids is 1. The smallest absolute Gasteiger partial charge is 0.326 e. The number of aromatic amines is 1. The average Bonchev–Trinajstić information content (AvgIpc) is 3.39. The SMILES string of the molecule is O=C(/C=C\c1cn(Cc2ccccc2)nn1)NC(Cc1c[nH]c2ccccc12)C(=O)O. The van der Waals surface area contributed by atoms with Crippen LogP contribution in [0.2, 0.25) is 0 Å². The first-order valence-electron chi connectivity index (χ1n) is 9.79. The zero-order chi connectivity index (χ0) is 21.6. The zero-order valence-electron chi connectivity index (χ0n) is 16.6. The monoisotopic (exact) mass is 415 g/mol. The first-order chi connectivity index (χ1) is 15.1. The van der Waals surface area contributed by atoms with Crippen molar-refractivity contribution in [2.75, 3.05) is 0 Å². The number of aromatic nitrogens is 4. The van der Waals surface area contributed by atoms with Crippen molar-refractivity contribution in [3.05, 3.63) is 89.9 Å². The second-order valence-corrected chi connectivity index (χ2v) is 7.12. The van der Waals surface area contributed by atoms with Crippen LogP contribution in [-0.2, 0) is 22.6 Å². The zero-order valence-corrected chi connectivity index (χ0v) is 16.6. The van der Waals surface area contributed by atoms with Gasteiger partial charge in [0.05, 0.1) is 12.7 Å². The van der Waals surface area contributed by atoms with Gasteiger partial charge in [-0.3, -0.25) is 4.79 Å². The lowest BCUT2D eigenvalue weighted by Gasteiger charge is -2.12. The number of para-hydroxylation sites is 1. The highest BCUT2D eigenvalue weighted by Crippen LogP contribution is 2.19. The minimum Gasteiger partial charge on any atom is -0.480 e. The Bertz CT molecular complexity index is 1230. The normalized spacial score (nSPS) is 12.3. The second-order valence-electron chi connectivity index (χ2n) is 7.12. The summed E-state index contributed by atoms with van der Waals surface area (Å²) in [5, 5.41) is 21.1. The molecule has 0 radical (unpaired) electrons. The van der Waals surface area contributed by atoms with Crippen LogP contribution in [-0.4, -0.2) is 43.0 Å². The van der Waals surface area contributed by atoms with Crippen molar-refractivity contribution in [2.24, 2.45) is 0 Å². The van der Waals surface area contributed by atoms with Gasteiger partial charge in [-0.25, -0.2) is 9.48 Å². The van der Waals surface area contributed by atoms with Gasteiger partial charge in [-0.05, 0) is 23.3 Å². The molecule has 0 saturated heterocycles. The molecular weight excluding hydrogens is 394 g/mol. The number of hydrogen-bond acceptors (Lipinski definition) is 4. The lowest BCUT2D eigenvalue weighted by atomic mass is 10.0. The maximum absolute atomic E-state index is 12.3. The molecule has 3 N–H and O–H groups in total. The van der Waals surface area contributed by atoms with Crippen LogP contribution in [0.15, 0.2) is 73.1 Å². The fraction of sp³-hybridized carbons (Fsp3) is 0.130. The van der Waals surface area contributed by atoms with Crippen LogP contribution in [0.4, 0.5) is 0 Å². The molecule has 156 valence electrons. The van der Waals surface area contributed by atoms with Crippen molar-refractivity contribution >= 4 is 28.9 Å². The molecule has 1 amide bonds. The number of rotatable bonds is 8. The predicted molar refractivity (Wildman–Crippen MR) is 116 cm³/mol. The van der Waals surface area contributed by atoms with E-state index in [1.54, 1.807) is 17.1 Å². The van der Waals surface area contributed by atoms with Gasteiger partial charge in [0.1, 0.15) is 11.7 Å². The summed E-state index contributed by atoms with van der Waals surface area (Å²) in [6.45, 7) is 0.569. The van der Waals surface area contributed by atoms with E-state index in [1.165, 1.54) is 12.2 Å². The van der Waals surface area contributed by atoms with Gasteiger partial charge >= 0.3 is 5.97 Å². The van der Waals surface area contributed by atoms with E-state index in [1.807, 2.05) is 54.6 Å². The van der Waals surface area contributed by atoms with Crippen molar-refractivity contribution in [3.63, 3.8) is 0 Å². The molecule has 8 nitrogen and oxygen atoms in total. The van der Waals surface area contributed by atoms with Gasteiger partial charge in [0.2, 0.25) is 5.91 Å². The van der Waals surface area contributed by atoms with E-state index in [0.29, 0.717) is 12.2 Å². The number of fused-ring (bicyclic) bond motifs is 1. The molecule has 4 aromatic rings. The summed E-state index contributed by atoms with van der Waals surface area (Å²) >= 11 is 0. The molecule has 2 heterocycles. The van der Waals surface area contributed by atoms with E-state index in [4.69, 9.17) is 0 Å². The lowest BCUT2D eigenvalue weighted by Crippen LogP contribution is -2.41. The minimum absolute atomic E-state index is 0.173. The summed E-state index contributed by atoms with van der Waals surface area (Å²) in [7, 11) is 0. The Morgan fingerprint density at radius 2 is 1.90 bits per heavy atom. The maximum Gasteiger partial charge on any atom is 0.326 e. The molecule has 0 bridgehead atoms. The largest absolute Gasteiger partial charge is 0.480 e. The number of carbonyl (C=O) groups is 2. The highest BCUT2D eigenvalue weighted by atomic mass is 16.4. The second kappa shape index (κ2) is 9.08. The molecule has 1 atom stereocenters.